The number of alkyl halides is 6. The molecule has 1 heterocycles. The van der Waals surface area contributed by atoms with E-state index in [1.165, 1.54) is 18.7 Å². The smallest absolute Gasteiger partial charge is 0.299 e. The van der Waals surface area contributed by atoms with E-state index < -0.39 is 36.0 Å². The summed E-state index contributed by atoms with van der Waals surface area (Å²) in [6.07, 6.45) is -10.3. The van der Waals surface area contributed by atoms with Gasteiger partial charge in [0.15, 0.2) is 5.69 Å². The number of rotatable bonds is 3. The average molecular weight is 378 g/mol. The summed E-state index contributed by atoms with van der Waals surface area (Å²) in [7, 11) is 3.13. The molecule has 0 aliphatic heterocycles. The molecule has 0 saturated carbocycles. The van der Waals surface area contributed by atoms with E-state index in [-0.39, 0.29) is 6.42 Å². The number of aromatic nitrogens is 2. The first-order valence-corrected chi connectivity index (χ1v) is 6.77. The fourth-order valence-electron chi connectivity index (χ4n) is 1.10. The molecule has 0 amide bonds. The van der Waals surface area contributed by atoms with Gasteiger partial charge < -0.3 is 0 Å². The van der Waals surface area contributed by atoms with Gasteiger partial charge in [0.05, 0.1) is 6.42 Å². The number of hydrazine groups is 1. The molecule has 0 radical (unpaired) electrons. The Morgan fingerprint density at radius 2 is 1.68 bits per heavy atom. The maximum Gasteiger partial charge on any atom is 0.450 e. The molecule has 1 rings (SSSR count). The van der Waals surface area contributed by atoms with Crippen molar-refractivity contribution in [2.24, 2.45) is 12.9 Å². The Balaban J connectivity index is 0. The van der Waals surface area contributed by atoms with Gasteiger partial charge in [-0.1, -0.05) is 6.92 Å². The summed E-state index contributed by atoms with van der Waals surface area (Å²) < 4.78 is 71.2. The maximum atomic E-state index is 11.9. The van der Waals surface area contributed by atoms with Gasteiger partial charge >= 0.3 is 12.4 Å². The first-order valence-electron chi connectivity index (χ1n) is 6.77. The van der Waals surface area contributed by atoms with Crippen LogP contribution >= 0.6 is 0 Å². The largest absolute Gasteiger partial charge is 0.450 e. The molecular formula is C13H20F6N4O2. The van der Waals surface area contributed by atoms with E-state index in [0.29, 0.717) is 5.69 Å². The lowest BCUT2D eigenvalue weighted by Crippen LogP contribution is -2.24. The fraction of sp³-hybridized carbons (Fsp3) is 0.615. The van der Waals surface area contributed by atoms with Crippen LogP contribution in [-0.2, 0) is 22.8 Å². The lowest BCUT2D eigenvalue weighted by molar-refractivity contribution is -0.171. The summed E-state index contributed by atoms with van der Waals surface area (Å²) in [5.41, 5.74) is 1.91. The number of hydrogen-bond acceptors (Lipinski definition) is 5. The number of nitrogens with zero attached hydrogens (tertiary/aromatic N) is 2. The number of carbonyl (C=O) groups is 2. The summed E-state index contributed by atoms with van der Waals surface area (Å²) in [4.78, 5) is 20.4. The van der Waals surface area contributed by atoms with Crippen molar-refractivity contribution >= 4 is 11.6 Å². The number of ketones is 2. The minimum atomic E-state index is -4.87. The standard InChI is InChI=1S/C6H7F3N2.C6H7F3O2.CH6N2/c1-4-3-5(6(7,8)9)10-11(4)2;1-2-4(10)3-5(11)6(7,8)9;1-3-2/h3H,1-2H3;2-3H2,1H3;3H,2H2,1H3. The molecule has 0 unspecified atom stereocenters. The highest BCUT2D eigenvalue weighted by atomic mass is 19.4. The number of aryl methyl sites for hydroxylation is 2. The van der Waals surface area contributed by atoms with Crippen molar-refractivity contribution in [2.45, 2.75) is 39.0 Å². The zero-order chi connectivity index (χ0) is 20.4. The zero-order valence-electron chi connectivity index (χ0n) is 14.0. The van der Waals surface area contributed by atoms with E-state index in [0.717, 1.165) is 6.07 Å². The van der Waals surface area contributed by atoms with Crippen molar-refractivity contribution in [3.63, 3.8) is 0 Å². The summed E-state index contributed by atoms with van der Waals surface area (Å²) in [5, 5.41) is 3.27. The van der Waals surface area contributed by atoms with Crippen molar-refractivity contribution < 1.29 is 35.9 Å². The minimum absolute atomic E-state index is 0.0399. The Morgan fingerprint density at radius 1 is 1.24 bits per heavy atom. The maximum absolute atomic E-state index is 11.9. The van der Waals surface area contributed by atoms with Gasteiger partial charge in [-0.25, -0.2) is 0 Å². The molecule has 0 aliphatic rings. The van der Waals surface area contributed by atoms with Crippen LogP contribution in [0.2, 0.25) is 0 Å². The Hall–Kier alpha value is -1.95. The van der Waals surface area contributed by atoms with Gasteiger partial charge in [-0.2, -0.15) is 31.4 Å². The van der Waals surface area contributed by atoms with Gasteiger partial charge in [0.2, 0.25) is 5.78 Å². The van der Waals surface area contributed by atoms with E-state index in [2.05, 4.69) is 16.4 Å². The molecule has 0 atom stereocenters. The van der Waals surface area contributed by atoms with Crippen molar-refractivity contribution in [3.8, 4) is 0 Å². The third kappa shape index (κ3) is 11.3. The second kappa shape index (κ2) is 10.8. The Morgan fingerprint density at radius 3 is 1.88 bits per heavy atom. The number of carbonyl (C=O) groups excluding carboxylic acids is 2. The third-order valence-corrected chi connectivity index (χ3v) is 2.47. The third-order valence-electron chi connectivity index (χ3n) is 2.47. The normalized spacial score (nSPS) is 11.0. The van der Waals surface area contributed by atoms with Crippen molar-refractivity contribution in [2.75, 3.05) is 7.05 Å². The van der Waals surface area contributed by atoms with Crippen LogP contribution < -0.4 is 11.3 Å². The van der Waals surface area contributed by atoms with E-state index in [4.69, 9.17) is 0 Å². The Kier molecular flexibility index (Phi) is 10.9. The number of nitrogens with two attached hydrogens (primary N) is 1. The molecule has 0 fully saturated rings. The van der Waals surface area contributed by atoms with Crippen LogP contribution in [-0.4, -0.2) is 34.6 Å². The van der Waals surface area contributed by atoms with Crippen LogP contribution in [0.5, 0.6) is 0 Å². The van der Waals surface area contributed by atoms with Crippen LogP contribution in [0.25, 0.3) is 0 Å². The summed E-state index contributed by atoms with van der Waals surface area (Å²) in [5.74, 6) is 1.94. The molecule has 0 bridgehead atoms. The number of hydrogen-bond donors (Lipinski definition) is 2. The van der Waals surface area contributed by atoms with Crippen LogP contribution in [0.4, 0.5) is 26.3 Å². The van der Waals surface area contributed by atoms with Crippen molar-refractivity contribution in [1.29, 1.82) is 0 Å². The molecule has 0 aliphatic carbocycles. The molecule has 0 aromatic carbocycles. The Bertz CT molecular complexity index is 532. The number of nitrogens with one attached hydrogen (secondary N) is 1. The monoisotopic (exact) mass is 378 g/mol. The molecule has 146 valence electrons. The van der Waals surface area contributed by atoms with Crippen LogP contribution in [0, 0.1) is 6.92 Å². The molecule has 1 aromatic heterocycles. The topological polar surface area (TPSA) is 90.0 Å². The summed E-state index contributed by atoms with van der Waals surface area (Å²) in [6.45, 7) is 2.98. The lowest BCUT2D eigenvalue weighted by Gasteiger charge is -2.02. The quantitative estimate of drug-likeness (QED) is 0.365. The molecule has 25 heavy (non-hydrogen) atoms. The van der Waals surface area contributed by atoms with Crippen LogP contribution in [0.3, 0.4) is 0 Å². The molecule has 3 N–H and O–H groups in total. The van der Waals surface area contributed by atoms with Gasteiger partial charge in [0.25, 0.3) is 0 Å². The minimum Gasteiger partial charge on any atom is -0.299 e. The molecule has 6 nitrogen and oxygen atoms in total. The fourth-order valence-corrected chi connectivity index (χ4v) is 1.10. The number of Topliss-reactive ketones (excluding diaryl/α,β-unsaturated/α-hetero) is 2. The van der Waals surface area contributed by atoms with Gasteiger partial charge in [0, 0.05) is 19.2 Å². The van der Waals surface area contributed by atoms with Gasteiger partial charge in [0.1, 0.15) is 5.78 Å². The highest BCUT2D eigenvalue weighted by Crippen LogP contribution is 2.27. The summed E-state index contributed by atoms with van der Waals surface area (Å²) in [6, 6.07) is 1.01. The number of halogens is 6. The molecule has 0 saturated heterocycles. The first-order chi connectivity index (χ1) is 11.2. The van der Waals surface area contributed by atoms with E-state index in [1.807, 2.05) is 0 Å². The molecule has 1 aromatic rings. The highest BCUT2D eigenvalue weighted by molar-refractivity contribution is 6.01. The molecule has 0 spiro atoms. The SMILES string of the molecule is CCC(=O)CC(=O)C(F)(F)F.CNN.Cc1cc(C(F)(F)F)nn1C. The predicted octanol–water partition coefficient (Wildman–Crippen LogP) is 2.31. The van der Waals surface area contributed by atoms with Gasteiger partial charge in [-0.05, 0) is 20.0 Å². The Labute approximate surface area is 140 Å². The van der Waals surface area contributed by atoms with Crippen molar-refractivity contribution in [1.82, 2.24) is 15.2 Å². The average Bonchev–Trinajstić information content (AvgIpc) is 2.79. The lowest BCUT2D eigenvalue weighted by atomic mass is 10.1. The van der Waals surface area contributed by atoms with Gasteiger partial charge in [-0.15, -0.1) is 0 Å². The van der Waals surface area contributed by atoms with Crippen LogP contribution in [0.15, 0.2) is 6.07 Å². The second-order valence-corrected chi connectivity index (χ2v) is 4.57. The van der Waals surface area contributed by atoms with Crippen LogP contribution in [0.1, 0.15) is 31.2 Å². The second-order valence-electron chi connectivity index (χ2n) is 4.57. The summed E-state index contributed by atoms with van der Waals surface area (Å²) >= 11 is 0. The van der Waals surface area contributed by atoms with E-state index in [1.54, 1.807) is 14.0 Å². The van der Waals surface area contributed by atoms with Gasteiger partial charge in [-0.3, -0.25) is 25.5 Å². The molecule has 12 heteroatoms. The van der Waals surface area contributed by atoms with E-state index >= 15 is 0 Å². The predicted molar refractivity (Wildman–Crippen MR) is 77.2 cm³/mol. The highest BCUT2D eigenvalue weighted by Gasteiger charge is 2.38. The van der Waals surface area contributed by atoms with Crippen molar-refractivity contribution in [3.05, 3.63) is 17.5 Å². The zero-order valence-corrected chi connectivity index (χ0v) is 14.0. The van der Waals surface area contributed by atoms with E-state index in [9.17, 15) is 35.9 Å². The first kappa shape index (κ1) is 25.3. The molecular weight excluding hydrogens is 358 g/mol.